The van der Waals surface area contributed by atoms with Gasteiger partial charge in [-0.2, -0.15) is 5.26 Å². The van der Waals surface area contributed by atoms with E-state index in [9.17, 15) is 4.79 Å². The van der Waals surface area contributed by atoms with E-state index in [0.29, 0.717) is 0 Å². The van der Waals surface area contributed by atoms with Crippen LogP contribution in [0.15, 0.2) is 52.4 Å². The molecule has 1 atom stereocenters. The average Bonchev–Trinajstić information content (AvgIpc) is 2.84. The maximum atomic E-state index is 10.9. The first-order valence-corrected chi connectivity index (χ1v) is 6.09. The Hall–Kier alpha value is -2.26. The lowest BCUT2D eigenvalue weighted by Crippen LogP contribution is -2.13. The van der Waals surface area contributed by atoms with Crippen LogP contribution in [0.4, 0.5) is 0 Å². The van der Waals surface area contributed by atoms with Gasteiger partial charge in [0.15, 0.2) is 5.76 Å². The van der Waals surface area contributed by atoms with E-state index in [-0.39, 0.29) is 11.3 Å². The molecule has 1 unspecified atom stereocenters. The van der Waals surface area contributed by atoms with Crippen LogP contribution in [-0.4, -0.2) is 5.91 Å². The van der Waals surface area contributed by atoms with Gasteiger partial charge in [0, 0.05) is 16.1 Å². The molecule has 0 fully saturated rings. The number of hydrogen-bond acceptors (Lipinski definition) is 4. The Bertz CT molecular complexity index is 617. The van der Waals surface area contributed by atoms with Crippen molar-refractivity contribution in [2.45, 2.75) is 6.29 Å². The summed E-state index contributed by atoms with van der Waals surface area (Å²) in [5.41, 5.74) is 5.65. The van der Waals surface area contributed by atoms with Crippen molar-refractivity contribution < 1.29 is 14.3 Å². The first kappa shape index (κ1) is 13.2. The lowest BCUT2D eigenvalue weighted by atomic mass is 10.2. The molecule has 6 heteroatoms. The van der Waals surface area contributed by atoms with Gasteiger partial charge in [-0.25, -0.2) is 0 Å². The van der Waals surface area contributed by atoms with Gasteiger partial charge in [-0.15, -0.1) is 0 Å². The lowest BCUT2D eigenvalue weighted by Gasteiger charge is -2.12. The molecular weight excluding hydrogens is 312 g/mol. The fraction of sp³-hybridized carbons (Fsp3) is 0.0769. The summed E-state index contributed by atoms with van der Waals surface area (Å²) < 4.78 is 11.7. The molecule has 2 rings (SSSR count). The number of amides is 1. The van der Waals surface area contributed by atoms with Crippen molar-refractivity contribution in [2.24, 2.45) is 5.73 Å². The highest BCUT2D eigenvalue weighted by Gasteiger charge is 2.23. The van der Waals surface area contributed by atoms with Gasteiger partial charge in [-0.05, 0) is 6.07 Å². The average molecular weight is 321 g/mol. The van der Waals surface area contributed by atoms with Crippen LogP contribution < -0.4 is 5.73 Å². The van der Waals surface area contributed by atoms with Gasteiger partial charge < -0.3 is 15.2 Å². The number of carbonyl (C=O) groups is 1. The van der Waals surface area contributed by atoms with Gasteiger partial charge in [-0.1, -0.05) is 34.1 Å². The zero-order valence-corrected chi connectivity index (χ0v) is 11.3. The third-order valence-corrected chi connectivity index (χ3v) is 3.10. The minimum atomic E-state index is -0.809. The highest BCUT2D eigenvalue weighted by atomic mass is 79.9. The number of nitriles is 1. The molecule has 0 radical (unpaired) electrons. The van der Waals surface area contributed by atoms with E-state index in [4.69, 9.17) is 20.5 Å². The van der Waals surface area contributed by atoms with Crippen molar-refractivity contribution in [3.63, 3.8) is 0 Å². The summed E-state index contributed by atoms with van der Waals surface area (Å²) in [5.74, 6) is -0.535. The number of benzene rings is 1. The molecule has 19 heavy (non-hydrogen) atoms. The molecule has 1 aliphatic rings. The molecule has 0 bridgehead atoms. The Morgan fingerprint density at radius 1 is 1.47 bits per heavy atom. The number of halogens is 1. The van der Waals surface area contributed by atoms with Crippen molar-refractivity contribution in [1.29, 1.82) is 5.26 Å². The van der Waals surface area contributed by atoms with Gasteiger partial charge in [-0.3, -0.25) is 4.79 Å². The van der Waals surface area contributed by atoms with Crippen molar-refractivity contribution in [3.8, 4) is 6.07 Å². The molecule has 1 heterocycles. The Balaban J connectivity index is 2.15. The molecule has 1 aromatic rings. The summed E-state index contributed by atoms with van der Waals surface area (Å²) in [6.07, 6.45) is 1.97. The van der Waals surface area contributed by atoms with Crippen LogP contribution in [0.5, 0.6) is 0 Å². The molecule has 1 aliphatic heterocycles. The number of ether oxygens (including phenoxy) is 2. The van der Waals surface area contributed by atoms with E-state index in [1.165, 1.54) is 12.3 Å². The molecule has 1 aromatic carbocycles. The quantitative estimate of drug-likeness (QED) is 0.683. The van der Waals surface area contributed by atoms with Crippen molar-refractivity contribution >= 4 is 21.8 Å². The standard InChI is InChI=1S/C13H9BrN2O3/c14-11-4-2-1-3-10(11)13-18-7-9(19-13)5-8(6-15)12(16)17/h1-5,7,13H,(H2,16,17). The zero-order chi connectivity index (χ0) is 13.8. The van der Waals surface area contributed by atoms with Crippen molar-refractivity contribution in [3.05, 3.63) is 58.0 Å². The van der Waals surface area contributed by atoms with Crippen LogP contribution in [0.1, 0.15) is 11.9 Å². The molecule has 0 saturated heterocycles. The fourth-order valence-corrected chi connectivity index (χ4v) is 1.95. The minimum absolute atomic E-state index is 0.192. The van der Waals surface area contributed by atoms with Crippen LogP contribution in [0, 0.1) is 11.3 Å². The number of nitrogens with two attached hydrogens (primary N) is 1. The maximum Gasteiger partial charge on any atom is 0.268 e. The monoisotopic (exact) mass is 320 g/mol. The molecule has 0 spiro atoms. The van der Waals surface area contributed by atoms with Crippen LogP contribution in [0.3, 0.4) is 0 Å². The van der Waals surface area contributed by atoms with Crippen LogP contribution in [0.2, 0.25) is 0 Å². The molecule has 0 aromatic heterocycles. The molecular formula is C13H9BrN2O3. The van der Waals surface area contributed by atoms with Crippen LogP contribution in [0.25, 0.3) is 0 Å². The smallest absolute Gasteiger partial charge is 0.268 e. The molecule has 5 nitrogen and oxygen atoms in total. The van der Waals surface area contributed by atoms with Gasteiger partial charge in [0.2, 0.25) is 0 Å². The van der Waals surface area contributed by atoms with E-state index in [2.05, 4.69) is 15.9 Å². The third-order valence-electron chi connectivity index (χ3n) is 2.38. The van der Waals surface area contributed by atoms with E-state index in [1.807, 2.05) is 24.3 Å². The Morgan fingerprint density at radius 2 is 2.21 bits per heavy atom. The van der Waals surface area contributed by atoms with E-state index < -0.39 is 12.2 Å². The number of primary amides is 1. The van der Waals surface area contributed by atoms with Crippen molar-refractivity contribution in [1.82, 2.24) is 0 Å². The van der Waals surface area contributed by atoms with E-state index >= 15 is 0 Å². The number of nitrogens with zero attached hydrogens (tertiary/aromatic N) is 1. The topological polar surface area (TPSA) is 85.3 Å². The van der Waals surface area contributed by atoms with E-state index in [1.54, 1.807) is 6.07 Å². The first-order valence-electron chi connectivity index (χ1n) is 5.30. The lowest BCUT2D eigenvalue weighted by molar-refractivity contribution is -0.114. The molecule has 96 valence electrons. The molecule has 0 aliphatic carbocycles. The normalized spacial score (nSPS) is 18.0. The summed E-state index contributed by atoms with van der Waals surface area (Å²) in [4.78, 5) is 10.9. The Labute approximate surface area is 118 Å². The summed E-state index contributed by atoms with van der Waals surface area (Å²) in [5, 5.41) is 8.73. The summed E-state index contributed by atoms with van der Waals surface area (Å²) in [6.45, 7) is 0. The second-order valence-electron chi connectivity index (χ2n) is 3.66. The molecule has 1 amide bonds. The maximum absolute atomic E-state index is 10.9. The SMILES string of the molecule is N#CC(=CC1=COC(c2ccccc2Br)O1)C(N)=O. The zero-order valence-electron chi connectivity index (χ0n) is 9.67. The predicted molar refractivity (Wildman–Crippen MR) is 70.0 cm³/mol. The first-order chi connectivity index (χ1) is 9.11. The third kappa shape index (κ3) is 2.95. The number of rotatable bonds is 3. The largest absolute Gasteiger partial charge is 0.454 e. The highest BCUT2D eigenvalue weighted by Crippen LogP contribution is 2.33. The van der Waals surface area contributed by atoms with Gasteiger partial charge >= 0.3 is 0 Å². The Kier molecular flexibility index (Phi) is 3.88. The molecule has 0 saturated carbocycles. The van der Waals surface area contributed by atoms with E-state index in [0.717, 1.165) is 10.0 Å². The van der Waals surface area contributed by atoms with Gasteiger partial charge in [0.25, 0.3) is 12.2 Å². The minimum Gasteiger partial charge on any atom is -0.454 e. The second kappa shape index (κ2) is 5.59. The molecule has 2 N–H and O–H groups in total. The number of allylic oxidation sites excluding steroid dienone is 1. The van der Waals surface area contributed by atoms with Gasteiger partial charge in [0.05, 0.1) is 0 Å². The van der Waals surface area contributed by atoms with Crippen LogP contribution in [-0.2, 0) is 14.3 Å². The van der Waals surface area contributed by atoms with Crippen LogP contribution >= 0.6 is 15.9 Å². The van der Waals surface area contributed by atoms with Crippen molar-refractivity contribution in [2.75, 3.05) is 0 Å². The second-order valence-corrected chi connectivity index (χ2v) is 4.52. The summed E-state index contributed by atoms with van der Waals surface area (Å²) in [6, 6.07) is 9.12. The highest BCUT2D eigenvalue weighted by molar-refractivity contribution is 9.10. The number of hydrogen-bond donors (Lipinski definition) is 1. The fourth-order valence-electron chi connectivity index (χ4n) is 1.48. The summed E-state index contributed by atoms with van der Waals surface area (Å²) >= 11 is 3.39. The number of carbonyl (C=O) groups excluding carboxylic acids is 1. The van der Waals surface area contributed by atoms with Gasteiger partial charge in [0.1, 0.15) is 17.9 Å². The predicted octanol–water partition coefficient (Wildman–Crippen LogP) is 2.27. The summed E-state index contributed by atoms with van der Waals surface area (Å²) in [7, 11) is 0. The Morgan fingerprint density at radius 3 is 2.84 bits per heavy atom.